The minimum absolute atomic E-state index is 0.625. The lowest BCUT2D eigenvalue weighted by Gasteiger charge is -2.21. The molecule has 1 aliphatic rings. The summed E-state index contributed by atoms with van der Waals surface area (Å²) in [7, 11) is 0. The first-order valence-electron chi connectivity index (χ1n) is 6.55. The number of halogens is 1. The summed E-state index contributed by atoms with van der Waals surface area (Å²) in [6, 6.07) is 7.74. The number of nitrogens with zero attached hydrogens (tertiary/aromatic N) is 2. The molecular weight excluding hydrogens is 246 g/mol. The van der Waals surface area contributed by atoms with Crippen LogP contribution in [0, 0.1) is 0 Å². The van der Waals surface area contributed by atoms with Crippen molar-refractivity contribution in [2.75, 3.05) is 13.1 Å². The SMILES string of the molecule is NC(=NCc1ccc(Cl)cc1)N1CCCCCC1. The summed E-state index contributed by atoms with van der Waals surface area (Å²) in [5.74, 6) is 0.673. The number of guanidine groups is 1. The summed E-state index contributed by atoms with van der Waals surface area (Å²) in [5.41, 5.74) is 7.18. The van der Waals surface area contributed by atoms with E-state index in [1.807, 2.05) is 24.3 Å². The highest BCUT2D eigenvalue weighted by Crippen LogP contribution is 2.11. The van der Waals surface area contributed by atoms with Gasteiger partial charge in [0.1, 0.15) is 0 Å². The summed E-state index contributed by atoms with van der Waals surface area (Å²) in [5, 5.41) is 0.753. The van der Waals surface area contributed by atoms with Gasteiger partial charge >= 0.3 is 0 Å². The smallest absolute Gasteiger partial charge is 0.191 e. The zero-order chi connectivity index (χ0) is 12.8. The molecule has 0 aliphatic carbocycles. The highest BCUT2D eigenvalue weighted by Gasteiger charge is 2.10. The van der Waals surface area contributed by atoms with Crippen LogP contribution in [0.2, 0.25) is 5.02 Å². The van der Waals surface area contributed by atoms with E-state index in [-0.39, 0.29) is 0 Å². The van der Waals surface area contributed by atoms with Gasteiger partial charge in [-0.1, -0.05) is 36.6 Å². The van der Waals surface area contributed by atoms with Gasteiger partial charge in [-0.3, -0.25) is 0 Å². The molecule has 0 spiro atoms. The van der Waals surface area contributed by atoms with Crippen LogP contribution in [0.1, 0.15) is 31.2 Å². The Hall–Kier alpha value is -1.22. The minimum atomic E-state index is 0.625. The van der Waals surface area contributed by atoms with Gasteiger partial charge in [-0.25, -0.2) is 4.99 Å². The van der Waals surface area contributed by atoms with Crippen molar-refractivity contribution in [3.63, 3.8) is 0 Å². The van der Waals surface area contributed by atoms with Crippen molar-refractivity contribution < 1.29 is 0 Å². The molecule has 0 bridgehead atoms. The van der Waals surface area contributed by atoms with E-state index in [1.54, 1.807) is 0 Å². The minimum Gasteiger partial charge on any atom is -0.370 e. The molecule has 0 radical (unpaired) electrons. The van der Waals surface area contributed by atoms with Crippen LogP contribution in [0.3, 0.4) is 0 Å². The topological polar surface area (TPSA) is 41.6 Å². The highest BCUT2D eigenvalue weighted by molar-refractivity contribution is 6.30. The molecule has 1 aromatic carbocycles. The fourth-order valence-electron chi connectivity index (χ4n) is 2.16. The Balaban J connectivity index is 1.93. The molecule has 4 heteroatoms. The summed E-state index contributed by atoms with van der Waals surface area (Å²) >= 11 is 5.85. The number of rotatable bonds is 2. The molecule has 1 saturated heterocycles. The highest BCUT2D eigenvalue weighted by atomic mass is 35.5. The van der Waals surface area contributed by atoms with E-state index in [0.717, 1.165) is 23.7 Å². The van der Waals surface area contributed by atoms with Crippen molar-refractivity contribution in [3.05, 3.63) is 34.9 Å². The number of hydrogen-bond acceptors (Lipinski definition) is 1. The van der Waals surface area contributed by atoms with Gasteiger partial charge in [-0.05, 0) is 30.5 Å². The van der Waals surface area contributed by atoms with Crippen molar-refractivity contribution in [1.29, 1.82) is 0 Å². The van der Waals surface area contributed by atoms with Crippen molar-refractivity contribution in [2.24, 2.45) is 10.7 Å². The third-order valence-electron chi connectivity index (χ3n) is 3.27. The molecule has 98 valence electrons. The zero-order valence-electron chi connectivity index (χ0n) is 10.6. The quantitative estimate of drug-likeness (QED) is 0.660. The fraction of sp³-hybridized carbons (Fsp3) is 0.500. The number of benzene rings is 1. The molecule has 2 rings (SSSR count). The second-order valence-corrected chi connectivity index (χ2v) is 5.14. The van der Waals surface area contributed by atoms with Crippen molar-refractivity contribution >= 4 is 17.6 Å². The van der Waals surface area contributed by atoms with Crippen LogP contribution in [-0.2, 0) is 6.54 Å². The van der Waals surface area contributed by atoms with Gasteiger partial charge in [0.2, 0.25) is 0 Å². The van der Waals surface area contributed by atoms with Crippen LogP contribution in [0.4, 0.5) is 0 Å². The maximum atomic E-state index is 6.05. The first-order valence-corrected chi connectivity index (χ1v) is 6.93. The first kappa shape index (κ1) is 13.2. The number of likely N-dealkylation sites (tertiary alicyclic amines) is 1. The van der Waals surface area contributed by atoms with Gasteiger partial charge < -0.3 is 10.6 Å². The molecule has 2 N–H and O–H groups in total. The lowest BCUT2D eigenvalue weighted by molar-refractivity contribution is 0.428. The average molecular weight is 266 g/mol. The Bertz CT molecular complexity index is 392. The first-order chi connectivity index (χ1) is 8.75. The second kappa shape index (κ2) is 6.64. The molecule has 1 aromatic rings. The lowest BCUT2D eigenvalue weighted by atomic mass is 10.2. The van der Waals surface area contributed by atoms with E-state index in [1.165, 1.54) is 25.7 Å². The standard InChI is InChI=1S/C14H20ClN3/c15-13-7-5-12(6-8-13)11-17-14(16)18-9-3-1-2-4-10-18/h5-8H,1-4,9-11H2,(H2,16,17). The molecule has 1 fully saturated rings. The molecule has 1 heterocycles. The Morgan fingerprint density at radius 3 is 2.33 bits per heavy atom. The van der Waals surface area contributed by atoms with Gasteiger partial charge in [0.15, 0.2) is 5.96 Å². The number of hydrogen-bond donors (Lipinski definition) is 1. The van der Waals surface area contributed by atoms with Crippen LogP contribution >= 0.6 is 11.6 Å². The van der Waals surface area contributed by atoms with Gasteiger partial charge in [-0.2, -0.15) is 0 Å². The van der Waals surface area contributed by atoms with Crippen LogP contribution in [-0.4, -0.2) is 23.9 Å². The van der Waals surface area contributed by atoms with E-state index in [4.69, 9.17) is 17.3 Å². The Morgan fingerprint density at radius 2 is 1.72 bits per heavy atom. The summed E-state index contributed by atoms with van der Waals surface area (Å²) in [6.07, 6.45) is 5.05. The maximum absolute atomic E-state index is 6.05. The molecule has 0 amide bonds. The summed E-state index contributed by atoms with van der Waals surface area (Å²) < 4.78 is 0. The Labute approximate surface area is 114 Å². The molecule has 0 atom stereocenters. The van der Waals surface area contributed by atoms with E-state index in [9.17, 15) is 0 Å². The van der Waals surface area contributed by atoms with E-state index >= 15 is 0 Å². The zero-order valence-corrected chi connectivity index (χ0v) is 11.4. The van der Waals surface area contributed by atoms with Crippen LogP contribution in [0.5, 0.6) is 0 Å². The van der Waals surface area contributed by atoms with E-state index in [0.29, 0.717) is 12.5 Å². The third kappa shape index (κ3) is 3.91. The van der Waals surface area contributed by atoms with E-state index < -0.39 is 0 Å². The predicted molar refractivity (Wildman–Crippen MR) is 76.8 cm³/mol. The fourth-order valence-corrected chi connectivity index (χ4v) is 2.29. The number of nitrogens with two attached hydrogens (primary N) is 1. The van der Waals surface area contributed by atoms with Crippen molar-refractivity contribution in [1.82, 2.24) is 4.90 Å². The predicted octanol–water partition coefficient (Wildman–Crippen LogP) is 3.03. The third-order valence-corrected chi connectivity index (χ3v) is 3.52. The molecule has 0 unspecified atom stereocenters. The monoisotopic (exact) mass is 265 g/mol. The lowest BCUT2D eigenvalue weighted by Crippen LogP contribution is -2.38. The maximum Gasteiger partial charge on any atom is 0.191 e. The van der Waals surface area contributed by atoms with Crippen molar-refractivity contribution in [2.45, 2.75) is 32.2 Å². The van der Waals surface area contributed by atoms with Crippen LogP contribution in [0.25, 0.3) is 0 Å². The van der Waals surface area contributed by atoms with Crippen LogP contribution < -0.4 is 5.73 Å². The average Bonchev–Trinajstić information content (AvgIpc) is 2.66. The molecule has 18 heavy (non-hydrogen) atoms. The molecule has 0 saturated carbocycles. The Morgan fingerprint density at radius 1 is 1.11 bits per heavy atom. The summed E-state index contributed by atoms with van der Waals surface area (Å²) in [4.78, 5) is 6.66. The van der Waals surface area contributed by atoms with Gasteiger partial charge in [0, 0.05) is 18.1 Å². The van der Waals surface area contributed by atoms with E-state index in [2.05, 4.69) is 9.89 Å². The summed E-state index contributed by atoms with van der Waals surface area (Å²) in [6.45, 7) is 2.70. The van der Waals surface area contributed by atoms with Gasteiger partial charge in [0.05, 0.1) is 6.54 Å². The van der Waals surface area contributed by atoms with Crippen LogP contribution in [0.15, 0.2) is 29.3 Å². The molecule has 3 nitrogen and oxygen atoms in total. The number of aliphatic imine (C=N–C) groups is 1. The van der Waals surface area contributed by atoms with Crippen molar-refractivity contribution in [3.8, 4) is 0 Å². The molecule has 0 aromatic heterocycles. The normalized spacial score (nSPS) is 17.6. The van der Waals surface area contributed by atoms with Gasteiger partial charge in [-0.15, -0.1) is 0 Å². The Kier molecular flexibility index (Phi) is 4.88. The van der Waals surface area contributed by atoms with Gasteiger partial charge in [0.25, 0.3) is 0 Å². The largest absolute Gasteiger partial charge is 0.370 e. The molecular formula is C14H20ClN3. The molecule has 1 aliphatic heterocycles. The second-order valence-electron chi connectivity index (χ2n) is 4.70.